The van der Waals surface area contributed by atoms with Gasteiger partial charge in [0.1, 0.15) is 0 Å². The maximum atomic E-state index is 7.35. The van der Waals surface area contributed by atoms with Crippen molar-refractivity contribution in [2.45, 2.75) is 58.8 Å². The van der Waals surface area contributed by atoms with Crippen LogP contribution in [-0.2, 0) is 0 Å². The van der Waals surface area contributed by atoms with Crippen LogP contribution >= 0.6 is 0 Å². The standard InChI is InChI=1S/C14H31N3/c1-4-5-6-7-8-9-10-11-17(3)12-13(2)14(15)16/h13H,4-12H2,1-3H3,(H3,15,16). The molecule has 0 bridgehead atoms. The number of nitrogens with one attached hydrogen (secondary N) is 1. The average molecular weight is 241 g/mol. The molecule has 0 aromatic heterocycles. The van der Waals surface area contributed by atoms with Gasteiger partial charge in [-0.25, -0.2) is 0 Å². The average Bonchev–Trinajstić information content (AvgIpc) is 2.27. The second-order valence-corrected chi connectivity index (χ2v) is 5.24. The Morgan fingerprint density at radius 1 is 1.12 bits per heavy atom. The molecule has 0 aliphatic heterocycles. The molecule has 17 heavy (non-hydrogen) atoms. The van der Waals surface area contributed by atoms with Crippen LogP contribution in [0.2, 0.25) is 0 Å². The fourth-order valence-electron chi connectivity index (χ4n) is 2.00. The molecule has 0 saturated heterocycles. The Morgan fingerprint density at radius 2 is 1.65 bits per heavy atom. The summed E-state index contributed by atoms with van der Waals surface area (Å²) in [4.78, 5) is 2.29. The molecular formula is C14H31N3. The number of nitrogens with two attached hydrogens (primary N) is 1. The van der Waals surface area contributed by atoms with E-state index in [-0.39, 0.29) is 5.92 Å². The highest BCUT2D eigenvalue weighted by molar-refractivity contribution is 5.79. The molecule has 0 aliphatic rings. The van der Waals surface area contributed by atoms with E-state index >= 15 is 0 Å². The van der Waals surface area contributed by atoms with Crippen LogP contribution in [0.4, 0.5) is 0 Å². The maximum absolute atomic E-state index is 7.35. The van der Waals surface area contributed by atoms with Gasteiger partial charge >= 0.3 is 0 Å². The Labute approximate surface area is 107 Å². The van der Waals surface area contributed by atoms with Gasteiger partial charge in [0.05, 0.1) is 5.84 Å². The van der Waals surface area contributed by atoms with E-state index in [0.717, 1.165) is 13.1 Å². The van der Waals surface area contributed by atoms with Crippen molar-refractivity contribution in [1.29, 1.82) is 5.41 Å². The Balaban J connectivity index is 3.33. The summed E-state index contributed by atoms with van der Waals surface area (Å²) in [5, 5.41) is 7.35. The van der Waals surface area contributed by atoms with Gasteiger partial charge in [0.25, 0.3) is 0 Å². The van der Waals surface area contributed by atoms with E-state index in [2.05, 4.69) is 18.9 Å². The zero-order valence-corrected chi connectivity index (χ0v) is 12.0. The molecule has 3 N–H and O–H groups in total. The van der Waals surface area contributed by atoms with Gasteiger partial charge in [-0.3, -0.25) is 5.41 Å². The van der Waals surface area contributed by atoms with Gasteiger partial charge in [0, 0.05) is 12.5 Å². The molecule has 0 saturated carbocycles. The lowest BCUT2D eigenvalue weighted by atomic mass is 10.1. The summed E-state index contributed by atoms with van der Waals surface area (Å²) in [5.41, 5.74) is 5.46. The molecule has 0 heterocycles. The zero-order chi connectivity index (χ0) is 13.1. The predicted octanol–water partition coefficient (Wildman–Crippen LogP) is 3.24. The minimum absolute atomic E-state index is 0.185. The molecule has 3 heteroatoms. The van der Waals surface area contributed by atoms with E-state index in [9.17, 15) is 0 Å². The van der Waals surface area contributed by atoms with Crippen molar-refractivity contribution in [3.05, 3.63) is 0 Å². The van der Waals surface area contributed by atoms with Gasteiger partial charge in [-0.1, -0.05) is 52.4 Å². The molecule has 0 rings (SSSR count). The summed E-state index contributed by atoms with van der Waals surface area (Å²) >= 11 is 0. The Morgan fingerprint density at radius 3 is 2.18 bits per heavy atom. The summed E-state index contributed by atoms with van der Waals surface area (Å²) in [6.45, 7) is 6.31. The van der Waals surface area contributed by atoms with E-state index in [1.807, 2.05) is 6.92 Å². The quantitative estimate of drug-likeness (QED) is 0.331. The fraction of sp³-hybridized carbons (Fsp3) is 0.929. The lowest BCUT2D eigenvalue weighted by molar-refractivity contribution is 0.305. The smallest absolute Gasteiger partial charge is 0.0947 e. The highest BCUT2D eigenvalue weighted by Gasteiger charge is 2.08. The number of nitrogens with zero attached hydrogens (tertiary/aromatic N) is 1. The van der Waals surface area contributed by atoms with Crippen molar-refractivity contribution >= 4 is 5.84 Å². The first-order chi connectivity index (χ1) is 8.07. The molecule has 0 aliphatic carbocycles. The number of rotatable bonds is 11. The van der Waals surface area contributed by atoms with E-state index < -0.39 is 0 Å². The van der Waals surface area contributed by atoms with Crippen LogP contribution in [0.25, 0.3) is 0 Å². The molecule has 1 unspecified atom stereocenters. The van der Waals surface area contributed by atoms with Crippen LogP contribution in [0.1, 0.15) is 58.8 Å². The second kappa shape index (κ2) is 10.6. The van der Waals surface area contributed by atoms with Gasteiger partial charge in [-0.15, -0.1) is 0 Å². The van der Waals surface area contributed by atoms with Crippen molar-refractivity contribution in [3.63, 3.8) is 0 Å². The van der Waals surface area contributed by atoms with E-state index in [1.54, 1.807) is 0 Å². The van der Waals surface area contributed by atoms with E-state index in [4.69, 9.17) is 11.1 Å². The molecule has 0 spiro atoms. The number of hydrogen-bond acceptors (Lipinski definition) is 2. The third kappa shape index (κ3) is 10.3. The molecule has 0 amide bonds. The molecule has 0 aromatic carbocycles. The molecular weight excluding hydrogens is 210 g/mol. The van der Waals surface area contributed by atoms with Crippen molar-refractivity contribution in [3.8, 4) is 0 Å². The van der Waals surface area contributed by atoms with Gasteiger partial charge in [-0.05, 0) is 20.0 Å². The highest BCUT2D eigenvalue weighted by Crippen LogP contribution is 2.07. The summed E-state index contributed by atoms with van der Waals surface area (Å²) < 4.78 is 0. The number of unbranched alkanes of at least 4 members (excludes halogenated alkanes) is 6. The van der Waals surface area contributed by atoms with Crippen LogP contribution < -0.4 is 5.73 Å². The third-order valence-corrected chi connectivity index (χ3v) is 3.26. The molecule has 0 radical (unpaired) electrons. The van der Waals surface area contributed by atoms with Gasteiger partial charge in [-0.2, -0.15) is 0 Å². The Hall–Kier alpha value is -0.570. The minimum atomic E-state index is 0.185. The van der Waals surface area contributed by atoms with Crippen LogP contribution in [0.5, 0.6) is 0 Å². The summed E-state index contributed by atoms with van der Waals surface area (Å²) in [5.74, 6) is 0.487. The lowest BCUT2D eigenvalue weighted by Gasteiger charge is -2.20. The minimum Gasteiger partial charge on any atom is -0.387 e. The van der Waals surface area contributed by atoms with Crippen molar-refractivity contribution in [2.75, 3.05) is 20.1 Å². The van der Waals surface area contributed by atoms with Crippen LogP contribution in [0.3, 0.4) is 0 Å². The number of hydrogen-bond donors (Lipinski definition) is 2. The zero-order valence-electron chi connectivity index (χ0n) is 12.0. The largest absolute Gasteiger partial charge is 0.387 e. The Kier molecular flexibility index (Phi) is 10.2. The second-order valence-electron chi connectivity index (χ2n) is 5.24. The SMILES string of the molecule is CCCCCCCCCN(C)CC(C)C(=N)N. The molecule has 0 aromatic rings. The third-order valence-electron chi connectivity index (χ3n) is 3.26. The van der Waals surface area contributed by atoms with E-state index in [0.29, 0.717) is 5.84 Å². The molecule has 1 atom stereocenters. The normalized spacial score (nSPS) is 12.9. The van der Waals surface area contributed by atoms with Crippen LogP contribution in [-0.4, -0.2) is 30.9 Å². The molecule has 0 fully saturated rings. The van der Waals surface area contributed by atoms with Crippen molar-refractivity contribution in [1.82, 2.24) is 4.90 Å². The first-order valence-corrected chi connectivity index (χ1v) is 7.10. The summed E-state index contributed by atoms with van der Waals surface area (Å²) in [7, 11) is 2.12. The van der Waals surface area contributed by atoms with Gasteiger partial charge < -0.3 is 10.6 Å². The Bertz CT molecular complexity index is 192. The monoisotopic (exact) mass is 241 g/mol. The highest BCUT2D eigenvalue weighted by atomic mass is 15.1. The molecule has 3 nitrogen and oxygen atoms in total. The fourth-order valence-corrected chi connectivity index (χ4v) is 2.00. The predicted molar refractivity (Wildman–Crippen MR) is 76.6 cm³/mol. The topological polar surface area (TPSA) is 53.1 Å². The first kappa shape index (κ1) is 16.4. The first-order valence-electron chi connectivity index (χ1n) is 7.10. The van der Waals surface area contributed by atoms with Crippen molar-refractivity contribution < 1.29 is 0 Å². The van der Waals surface area contributed by atoms with Gasteiger partial charge in [0.15, 0.2) is 0 Å². The summed E-state index contributed by atoms with van der Waals surface area (Å²) in [6, 6.07) is 0. The van der Waals surface area contributed by atoms with Crippen LogP contribution in [0.15, 0.2) is 0 Å². The van der Waals surface area contributed by atoms with Crippen LogP contribution in [0, 0.1) is 11.3 Å². The maximum Gasteiger partial charge on any atom is 0.0947 e. The number of amidine groups is 1. The van der Waals surface area contributed by atoms with Gasteiger partial charge in [0.2, 0.25) is 0 Å². The lowest BCUT2D eigenvalue weighted by Crippen LogP contribution is -2.32. The molecule has 102 valence electrons. The van der Waals surface area contributed by atoms with Crippen molar-refractivity contribution in [2.24, 2.45) is 11.7 Å². The van der Waals surface area contributed by atoms with E-state index in [1.165, 1.54) is 44.9 Å². The summed E-state index contributed by atoms with van der Waals surface area (Å²) in [6.07, 6.45) is 9.47.